The fraction of sp³-hybridized carbons (Fsp3) is 0.220. The molecule has 0 aromatic heterocycles. The smallest absolute Gasteiger partial charge is 0.207 e. The molecule has 0 spiro atoms. The van der Waals surface area contributed by atoms with Gasteiger partial charge in [-0.1, -0.05) is 31.7 Å². The first-order valence-electron chi connectivity index (χ1n) is 16.3. The molecule has 2 N–H and O–H groups in total. The SMILES string of the molecule is C.CCN(CC)c1ccc(Nc2ccc3c(-c4ccccc4C(=O)[O-])c4ccc(=[NH+]c5ccc(N(CC)CC)cc5)cc-4oc3c2)cc1. The molecule has 0 saturated carbocycles. The molecule has 1 aliphatic carbocycles. The largest absolute Gasteiger partial charge is 0.545 e. The molecule has 0 bridgehead atoms. The standard InChI is InChI=1S/C40H40N4O3.CH4/c1-5-43(6-2)31-19-13-27(14-20-31)41-29-17-23-35-37(25-29)47-38-26-30(42-28-15-21-32(22-16-28)44(7-3)8-4)18-24-36(38)39(35)33-11-9-10-12-34(33)40(45)46;/h9-26,41H,5-8H2,1-4H3,(H,45,46);1H4. The third kappa shape index (κ3) is 6.91. The maximum Gasteiger partial charge on any atom is 0.207 e. The van der Waals surface area contributed by atoms with Gasteiger partial charge in [0.1, 0.15) is 11.3 Å². The molecular weight excluding hydrogens is 596 g/mol. The van der Waals surface area contributed by atoms with Crippen molar-refractivity contribution >= 4 is 45.4 Å². The fourth-order valence-electron chi connectivity index (χ4n) is 6.24. The minimum absolute atomic E-state index is 0. The van der Waals surface area contributed by atoms with Gasteiger partial charge >= 0.3 is 0 Å². The predicted octanol–water partition coefficient (Wildman–Crippen LogP) is 6.95. The summed E-state index contributed by atoms with van der Waals surface area (Å²) in [5.74, 6) is -0.591. The molecule has 1 heterocycles. The van der Waals surface area contributed by atoms with E-state index in [0.717, 1.165) is 65.1 Å². The number of carboxylic acids is 1. The molecule has 2 aliphatic rings. The molecule has 4 aromatic carbocycles. The van der Waals surface area contributed by atoms with Gasteiger partial charge in [0.05, 0.1) is 12.0 Å². The molecule has 0 amide bonds. The Balaban J connectivity index is 0.00000451. The molecule has 0 unspecified atom stereocenters. The summed E-state index contributed by atoms with van der Waals surface area (Å²) in [6.45, 7) is 12.4. The van der Waals surface area contributed by atoms with Crippen molar-refractivity contribution in [1.82, 2.24) is 0 Å². The van der Waals surface area contributed by atoms with Crippen molar-refractivity contribution in [3.05, 3.63) is 120 Å². The summed E-state index contributed by atoms with van der Waals surface area (Å²) < 4.78 is 6.57. The van der Waals surface area contributed by atoms with Gasteiger partial charge < -0.3 is 29.4 Å². The number of hydrogen-bond donors (Lipinski definition) is 2. The van der Waals surface area contributed by atoms with E-state index in [1.165, 1.54) is 11.4 Å². The monoisotopic (exact) mass is 640 g/mol. The minimum atomic E-state index is -1.22. The van der Waals surface area contributed by atoms with Gasteiger partial charge in [-0.05, 0) is 87.9 Å². The first kappa shape index (κ1) is 33.8. The zero-order valence-electron chi connectivity index (χ0n) is 27.3. The highest BCUT2D eigenvalue weighted by Gasteiger charge is 2.20. The van der Waals surface area contributed by atoms with Crippen LogP contribution in [0.15, 0.2) is 114 Å². The van der Waals surface area contributed by atoms with Crippen LogP contribution >= 0.6 is 0 Å². The molecule has 7 nitrogen and oxygen atoms in total. The van der Waals surface area contributed by atoms with Crippen LogP contribution in [0.2, 0.25) is 0 Å². The maximum absolute atomic E-state index is 12.2. The van der Waals surface area contributed by atoms with E-state index in [9.17, 15) is 9.90 Å². The van der Waals surface area contributed by atoms with Gasteiger partial charge in [0, 0.05) is 95.3 Å². The fourth-order valence-corrected chi connectivity index (χ4v) is 6.24. The molecule has 0 atom stereocenters. The lowest BCUT2D eigenvalue weighted by Crippen LogP contribution is -2.70. The number of nitrogens with zero attached hydrogens (tertiary/aromatic N) is 2. The van der Waals surface area contributed by atoms with E-state index in [2.05, 4.69) is 96.3 Å². The van der Waals surface area contributed by atoms with E-state index in [4.69, 9.17) is 4.42 Å². The van der Waals surface area contributed by atoms with E-state index in [1.54, 1.807) is 12.1 Å². The van der Waals surface area contributed by atoms with E-state index in [-0.39, 0.29) is 13.0 Å². The highest BCUT2D eigenvalue weighted by Crippen LogP contribution is 2.41. The van der Waals surface area contributed by atoms with E-state index in [1.807, 2.05) is 48.5 Å². The lowest BCUT2D eigenvalue weighted by atomic mass is 9.90. The second-order valence-corrected chi connectivity index (χ2v) is 11.4. The van der Waals surface area contributed by atoms with Gasteiger partial charge in [-0.2, -0.15) is 0 Å². The number of anilines is 4. The number of rotatable bonds is 11. The second kappa shape index (κ2) is 14.9. The number of fused-ring (bicyclic) bond motifs is 2. The summed E-state index contributed by atoms with van der Waals surface area (Å²) in [4.78, 5) is 20.3. The molecule has 246 valence electrons. The molecule has 0 fully saturated rings. The normalized spacial score (nSPS) is 11.4. The van der Waals surface area contributed by atoms with Crippen molar-refractivity contribution in [1.29, 1.82) is 0 Å². The number of carbonyl (C=O) groups is 1. The molecule has 0 saturated heterocycles. The van der Waals surface area contributed by atoms with Crippen LogP contribution in [-0.2, 0) is 0 Å². The van der Waals surface area contributed by atoms with Crippen molar-refractivity contribution in [3.8, 4) is 22.5 Å². The molecular formula is C41H44N4O3. The highest BCUT2D eigenvalue weighted by molar-refractivity contribution is 6.07. The summed E-state index contributed by atoms with van der Waals surface area (Å²) in [6, 6.07) is 35.6. The zero-order valence-corrected chi connectivity index (χ0v) is 27.3. The Labute approximate surface area is 283 Å². The zero-order chi connectivity index (χ0) is 32.9. The summed E-state index contributed by atoms with van der Waals surface area (Å²) in [5.41, 5.74) is 8.08. The van der Waals surface area contributed by atoms with Crippen LogP contribution in [0, 0.1) is 0 Å². The average molecular weight is 641 g/mol. The van der Waals surface area contributed by atoms with Gasteiger partial charge in [0.15, 0.2) is 0 Å². The second-order valence-electron chi connectivity index (χ2n) is 11.4. The number of nitrogens with one attached hydrogen (secondary N) is 2. The van der Waals surface area contributed by atoms with Gasteiger partial charge in [-0.3, -0.25) is 0 Å². The summed E-state index contributed by atoms with van der Waals surface area (Å²) in [5, 5.41) is 17.4. The van der Waals surface area contributed by atoms with Crippen LogP contribution in [0.1, 0.15) is 45.5 Å². The first-order valence-corrected chi connectivity index (χ1v) is 16.3. The van der Waals surface area contributed by atoms with Crippen LogP contribution < -0.4 is 30.6 Å². The molecule has 0 radical (unpaired) electrons. The molecule has 48 heavy (non-hydrogen) atoms. The van der Waals surface area contributed by atoms with Crippen LogP contribution in [-0.4, -0.2) is 32.1 Å². The first-order chi connectivity index (χ1) is 22.9. The number of carboxylic acid groups (broad SMARTS) is 1. The maximum atomic E-state index is 12.2. The molecule has 4 aromatic rings. The Morgan fingerprint density at radius 3 is 1.94 bits per heavy atom. The van der Waals surface area contributed by atoms with E-state index >= 15 is 0 Å². The van der Waals surface area contributed by atoms with Crippen molar-refractivity contribution in [3.63, 3.8) is 0 Å². The average Bonchev–Trinajstić information content (AvgIpc) is 3.09. The predicted molar refractivity (Wildman–Crippen MR) is 196 cm³/mol. The summed E-state index contributed by atoms with van der Waals surface area (Å²) >= 11 is 0. The van der Waals surface area contributed by atoms with E-state index in [0.29, 0.717) is 16.9 Å². The van der Waals surface area contributed by atoms with Crippen LogP contribution in [0.5, 0.6) is 0 Å². The highest BCUT2D eigenvalue weighted by atomic mass is 16.4. The van der Waals surface area contributed by atoms with Crippen LogP contribution in [0.3, 0.4) is 0 Å². The van der Waals surface area contributed by atoms with Crippen molar-refractivity contribution in [2.24, 2.45) is 0 Å². The lowest BCUT2D eigenvalue weighted by Gasteiger charge is -2.21. The van der Waals surface area contributed by atoms with Gasteiger partial charge in [0.2, 0.25) is 11.0 Å². The molecule has 7 heteroatoms. The topological polar surface area (TPSA) is 85.8 Å². The lowest BCUT2D eigenvalue weighted by molar-refractivity contribution is -0.402. The quantitative estimate of drug-likeness (QED) is 0.149. The third-order valence-electron chi connectivity index (χ3n) is 8.71. The van der Waals surface area contributed by atoms with Crippen LogP contribution in [0.25, 0.3) is 33.4 Å². The van der Waals surface area contributed by atoms with Crippen molar-refractivity contribution in [2.45, 2.75) is 35.1 Å². The summed E-state index contributed by atoms with van der Waals surface area (Å²) in [7, 11) is 0. The number of hydrogen-bond acceptors (Lipinski definition) is 6. The Morgan fingerprint density at radius 2 is 1.31 bits per heavy atom. The summed E-state index contributed by atoms with van der Waals surface area (Å²) in [6.07, 6.45) is 0. The van der Waals surface area contributed by atoms with Gasteiger partial charge in [-0.15, -0.1) is 0 Å². The number of benzene rings is 5. The van der Waals surface area contributed by atoms with Crippen molar-refractivity contribution in [2.75, 3.05) is 41.3 Å². The van der Waals surface area contributed by atoms with Crippen LogP contribution in [0.4, 0.5) is 28.4 Å². The van der Waals surface area contributed by atoms with Crippen molar-refractivity contribution < 1.29 is 19.3 Å². The third-order valence-corrected chi connectivity index (χ3v) is 8.71. The number of aromatic carboxylic acids is 1. The Bertz CT molecular complexity index is 2040. The number of carbonyl (C=O) groups excluding carboxylic acids is 1. The Morgan fingerprint density at radius 1 is 0.708 bits per heavy atom. The van der Waals surface area contributed by atoms with Gasteiger partial charge in [0.25, 0.3) is 0 Å². The van der Waals surface area contributed by atoms with E-state index < -0.39 is 5.97 Å². The minimum Gasteiger partial charge on any atom is -0.545 e. The van der Waals surface area contributed by atoms with Gasteiger partial charge in [-0.25, -0.2) is 4.99 Å². The molecule has 6 rings (SSSR count). The Hall–Kier alpha value is -5.56. The molecule has 1 aliphatic heterocycles. The Kier molecular flexibility index (Phi) is 10.5.